The highest BCUT2D eigenvalue weighted by Gasteiger charge is 2.46. The van der Waals surface area contributed by atoms with Gasteiger partial charge in [0.2, 0.25) is 5.79 Å². The Morgan fingerprint density at radius 2 is 2.05 bits per heavy atom. The van der Waals surface area contributed by atoms with Crippen molar-refractivity contribution in [2.45, 2.75) is 31.0 Å². The van der Waals surface area contributed by atoms with Gasteiger partial charge in [-0.05, 0) is 69.1 Å². The molecule has 1 aromatic carbocycles. The standard InChI is InChI=1S/C27H33FN8O3/c1-17(35(2)3)16-39-27(38-4)14-7-8-20(23(27)28)22(32-19-12-10-18(11-13-19)24(29)30)25-33-26(37)36(34-25)21-9-5-6-15-31-21/h5-15,17,22-23,32H,16H2,1-4H3,(H3,29,30)(H,33,34,37). The van der Waals surface area contributed by atoms with E-state index in [1.54, 1.807) is 60.8 Å². The molecule has 0 fully saturated rings. The first kappa shape index (κ1) is 27.9. The van der Waals surface area contributed by atoms with Crippen LogP contribution in [0.4, 0.5) is 10.1 Å². The predicted octanol–water partition coefficient (Wildman–Crippen LogP) is 2.54. The number of hydrogen-bond acceptors (Lipinski definition) is 8. The summed E-state index contributed by atoms with van der Waals surface area (Å²) in [6, 6.07) is 11.0. The molecule has 0 radical (unpaired) electrons. The second-order valence-corrected chi connectivity index (χ2v) is 9.42. The Morgan fingerprint density at radius 1 is 1.31 bits per heavy atom. The van der Waals surface area contributed by atoms with Crippen molar-refractivity contribution >= 4 is 11.5 Å². The van der Waals surface area contributed by atoms with Crippen LogP contribution in [0.5, 0.6) is 0 Å². The summed E-state index contributed by atoms with van der Waals surface area (Å²) in [6.45, 7) is 2.18. The molecular weight excluding hydrogens is 503 g/mol. The molecule has 39 heavy (non-hydrogen) atoms. The van der Waals surface area contributed by atoms with Crippen LogP contribution in [-0.4, -0.2) is 76.3 Å². The molecule has 0 bridgehead atoms. The average Bonchev–Trinajstić information content (AvgIpc) is 3.33. The van der Waals surface area contributed by atoms with Crippen molar-refractivity contribution in [3.63, 3.8) is 0 Å². The van der Waals surface area contributed by atoms with E-state index in [4.69, 9.17) is 20.6 Å². The maximum Gasteiger partial charge on any atom is 0.349 e. The monoisotopic (exact) mass is 536 g/mol. The van der Waals surface area contributed by atoms with Gasteiger partial charge in [0.05, 0.1) is 6.61 Å². The van der Waals surface area contributed by atoms with Crippen LogP contribution in [0.25, 0.3) is 5.82 Å². The largest absolute Gasteiger partial charge is 0.384 e. The van der Waals surface area contributed by atoms with Crippen molar-refractivity contribution in [2.24, 2.45) is 5.73 Å². The highest BCUT2D eigenvalue weighted by Crippen LogP contribution is 2.38. The first-order valence-corrected chi connectivity index (χ1v) is 12.4. The molecule has 0 amide bonds. The molecule has 12 heteroatoms. The number of nitrogens with two attached hydrogens (primary N) is 1. The highest BCUT2D eigenvalue weighted by atomic mass is 19.1. The van der Waals surface area contributed by atoms with E-state index in [-0.39, 0.29) is 29.9 Å². The normalized spacial score (nSPS) is 20.5. The number of nitrogens with zero attached hydrogens (tertiary/aromatic N) is 4. The third-order valence-corrected chi connectivity index (χ3v) is 6.63. The van der Waals surface area contributed by atoms with Gasteiger partial charge in [-0.2, -0.15) is 4.68 Å². The number of benzene rings is 1. The van der Waals surface area contributed by atoms with Gasteiger partial charge in [-0.1, -0.05) is 18.2 Å². The van der Waals surface area contributed by atoms with Gasteiger partial charge >= 0.3 is 5.69 Å². The second-order valence-electron chi connectivity index (χ2n) is 9.42. The number of halogens is 1. The summed E-state index contributed by atoms with van der Waals surface area (Å²) in [4.78, 5) is 21.8. The summed E-state index contributed by atoms with van der Waals surface area (Å²) in [5.41, 5.74) is 6.41. The van der Waals surface area contributed by atoms with E-state index < -0.39 is 23.7 Å². The summed E-state index contributed by atoms with van der Waals surface area (Å²) >= 11 is 0. The molecule has 2 aromatic heterocycles. The lowest BCUT2D eigenvalue weighted by atomic mass is 9.90. The van der Waals surface area contributed by atoms with Gasteiger partial charge in [0.25, 0.3) is 0 Å². The van der Waals surface area contributed by atoms with E-state index in [0.29, 0.717) is 17.1 Å². The molecule has 4 rings (SSSR count). The van der Waals surface area contributed by atoms with Crippen molar-refractivity contribution in [2.75, 3.05) is 33.1 Å². The van der Waals surface area contributed by atoms with Gasteiger partial charge in [0, 0.05) is 30.6 Å². The Balaban J connectivity index is 1.73. The molecule has 1 aliphatic carbocycles. The number of pyridine rings is 1. The van der Waals surface area contributed by atoms with Crippen molar-refractivity contribution in [3.05, 3.63) is 94.3 Å². The Hall–Kier alpha value is -4.13. The van der Waals surface area contributed by atoms with E-state index >= 15 is 4.39 Å². The van der Waals surface area contributed by atoms with Crippen LogP contribution in [0.15, 0.2) is 77.3 Å². The number of amidine groups is 1. The van der Waals surface area contributed by atoms with Crippen LogP contribution in [-0.2, 0) is 9.47 Å². The molecule has 0 saturated carbocycles. The minimum atomic E-state index is -1.75. The molecule has 0 spiro atoms. The van der Waals surface area contributed by atoms with E-state index in [0.717, 1.165) is 4.68 Å². The SMILES string of the molecule is COC1(OCC(C)N(C)C)C=CC=C(C(Nc2ccc(C(=N)N)cc2)c2nn(-c3ccccn3)c(=O)[nH]2)C1F. The minimum absolute atomic E-state index is 0.00567. The van der Waals surface area contributed by atoms with Gasteiger partial charge in [0.1, 0.15) is 11.9 Å². The van der Waals surface area contributed by atoms with Crippen molar-refractivity contribution < 1.29 is 13.9 Å². The average molecular weight is 537 g/mol. The summed E-state index contributed by atoms with van der Waals surface area (Å²) in [7, 11) is 5.21. The van der Waals surface area contributed by atoms with Gasteiger partial charge in [-0.15, -0.1) is 5.10 Å². The van der Waals surface area contributed by atoms with Crippen LogP contribution in [0.1, 0.15) is 24.4 Å². The molecule has 4 atom stereocenters. The number of hydrogen-bond donors (Lipinski definition) is 4. The Kier molecular flexibility index (Phi) is 8.38. The predicted molar refractivity (Wildman–Crippen MR) is 147 cm³/mol. The van der Waals surface area contributed by atoms with Gasteiger partial charge in [-0.3, -0.25) is 10.4 Å². The first-order valence-electron chi connectivity index (χ1n) is 12.4. The molecule has 4 unspecified atom stereocenters. The topological polar surface area (TPSA) is 147 Å². The summed E-state index contributed by atoms with van der Waals surface area (Å²) in [6.07, 6.45) is 4.61. The molecule has 5 N–H and O–H groups in total. The van der Waals surface area contributed by atoms with E-state index in [1.165, 1.54) is 13.2 Å². The number of nitrogens with one attached hydrogen (secondary N) is 3. The smallest absolute Gasteiger partial charge is 0.349 e. The van der Waals surface area contributed by atoms with Gasteiger partial charge in [-0.25, -0.2) is 14.2 Å². The molecule has 1 aliphatic rings. The number of alkyl halides is 1. The first-order chi connectivity index (χ1) is 18.6. The second kappa shape index (κ2) is 11.7. The number of nitrogen functional groups attached to an aromatic ring is 1. The Bertz CT molecular complexity index is 1400. The van der Waals surface area contributed by atoms with Crippen molar-refractivity contribution in [1.82, 2.24) is 24.6 Å². The summed E-state index contributed by atoms with van der Waals surface area (Å²) in [5.74, 6) is -1.28. The van der Waals surface area contributed by atoms with Crippen LogP contribution in [0.3, 0.4) is 0 Å². The van der Waals surface area contributed by atoms with Crippen molar-refractivity contribution in [1.29, 1.82) is 5.41 Å². The Morgan fingerprint density at radius 3 is 2.67 bits per heavy atom. The highest BCUT2D eigenvalue weighted by molar-refractivity contribution is 5.95. The lowest BCUT2D eigenvalue weighted by molar-refractivity contribution is -0.222. The third-order valence-electron chi connectivity index (χ3n) is 6.63. The number of ether oxygens (including phenoxy) is 2. The van der Waals surface area contributed by atoms with E-state index in [2.05, 4.69) is 20.4 Å². The molecule has 3 aromatic rings. The van der Waals surface area contributed by atoms with Crippen LogP contribution in [0.2, 0.25) is 0 Å². The lowest BCUT2D eigenvalue weighted by Crippen LogP contribution is -2.48. The fourth-order valence-electron chi connectivity index (χ4n) is 4.02. The minimum Gasteiger partial charge on any atom is -0.384 e. The van der Waals surface area contributed by atoms with Crippen LogP contribution in [0, 0.1) is 5.41 Å². The van der Waals surface area contributed by atoms with Crippen LogP contribution >= 0.6 is 0 Å². The number of rotatable bonds is 11. The molecule has 11 nitrogen and oxygen atoms in total. The molecule has 206 valence electrons. The fraction of sp³-hybridized carbons (Fsp3) is 0.333. The number of H-pyrrole nitrogens is 1. The Labute approximate surface area is 225 Å². The maximum absolute atomic E-state index is 16.5. The number of methoxy groups -OCH3 is 1. The van der Waals surface area contributed by atoms with Gasteiger partial charge < -0.3 is 25.4 Å². The molecular formula is C27H33FN8O3. The van der Waals surface area contributed by atoms with Crippen LogP contribution < -0.4 is 16.7 Å². The number of anilines is 1. The zero-order chi connectivity index (χ0) is 28.2. The lowest BCUT2D eigenvalue weighted by Gasteiger charge is -2.38. The number of allylic oxidation sites excluding steroid dienone is 2. The molecule has 0 saturated heterocycles. The number of aromatic amines is 1. The number of aromatic nitrogens is 4. The molecule has 0 aliphatic heterocycles. The zero-order valence-corrected chi connectivity index (χ0v) is 22.3. The maximum atomic E-state index is 16.5. The van der Waals surface area contributed by atoms with E-state index in [9.17, 15) is 4.79 Å². The fourth-order valence-corrected chi connectivity index (χ4v) is 4.02. The van der Waals surface area contributed by atoms with E-state index in [1.807, 2.05) is 25.9 Å². The van der Waals surface area contributed by atoms with Crippen molar-refractivity contribution in [3.8, 4) is 5.82 Å². The van der Waals surface area contributed by atoms with Gasteiger partial charge in [0.15, 0.2) is 17.8 Å². The summed E-state index contributed by atoms with van der Waals surface area (Å²) < 4.78 is 29.2. The third kappa shape index (κ3) is 5.98. The molecule has 2 heterocycles. The quantitative estimate of drug-likeness (QED) is 0.166. The number of likely N-dealkylation sites (N-methyl/N-ethyl adjacent to an activating group) is 1. The zero-order valence-electron chi connectivity index (χ0n) is 22.3. The summed E-state index contributed by atoms with van der Waals surface area (Å²) in [5, 5.41) is 15.4.